The molecule has 0 amide bonds. The van der Waals surface area contributed by atoms with E-state index in [0.717, 1.165) is 5.56 Å². The van der Waals surface area contributed by atoms with E-state index in [2.05, 4.69) is 25.7 Å². The molecule has 0 spiro atoms. The monoisotopic (exact) mass is 279 g/mol. The van der Waals surface area contributed by atoms with E-state index in [-0.39, 0.29) is 17.3 Å². The summed E-state index contributed by atoms with van der Waals surface area (Å²) >= 11 is 0. The molecule has 2 rings (SSSR count). The van der Waals surface area contributed by atoms with Gasteiger partial charge in [-0.25, -0.2) is 4.39 Å². The van der Waals surface area contributed by atoms with Crippen LogP contribution in [-0.4, -0.2) is 34.6 Å². The van der Waals surface area contributed by atoms with Crippen LogP contribution in [0.5, 0.6) is 0 Å². The molecule has 1 N–H and O–H groups in total. The second-order valence-electron chi connectivity index (χ2n) is 6.64. The summed E-state index contributed by atoms with van der Waals surface area (Å²) in [5.74, 6) is -1.69. The van der Waals surface area contributed by atoms with Crippen LogP contribution in [0.3, 0.4) is 0 Å². The van der Waals surface area contributed by atoms with Crippen molar-refractivity contribution in [2.45, 2.75) is 39.2 Å². The van der Waals surface area contributed by atoms with E-state index < -0.39 is 11.9 Å². The Bertz CT molecular complexity index is 522. The molecule has 0 aliphatic carbocycles. The number of carboxylic acids is 1. The van der Waals surface area contributed by atoms with Crippen molar-refractivity contribution in [3.63, 3.8) is 0 Å². The van der Waals surface area contributed by atoms with E-state index >= 15 is 0 Å². The maximum atomic E-state index is 13.7. The Hall–Kier alpha value is -1.42. The minimum absolute atomic E-state index is 0.0777. The molecular formula is C16H22FNO2. The Balaban J connectivity index is 2.32. The van der Waals surface area contributed by atoms with Gasteiger partial charge in [-0.1, -0.05) is 12.1 Å². The van der Waals surface area contributed by atoms with Crippen LogP contribution in [-0.2, 0) is 4.79 Å². The number of rotatable bonds is 2. The first-order chi connectivity index (χ1) is 9.20. The molecule has 1 aliphatic rings. The van der Waals surface area contributed by atoms with Gasteiger partial charge in [0.15, 0.2) is 0 Å². The fraction of sp³-hybridized carbons (Fsp3) is 0.562. The minimum atomic E-state index is -0.803. The van der Waals surface area contributed by atoms with Crippen LogP contribution >= 0.6 is 0 Å². The van der Waals surface area contributed by atoms with E-state index in [1.807, 2.05) is 6.07 Å². The van der Waals surface area contributed by atoms with Gasteiger partial charge in [-0.15, -0.1) is 0 Å². The Labute approximate surface area is 119 Å². The maximum Gasteiger partial charge on any atom is 0.308 e. The third kappa shape index (κ3) is 2.85. The molecule has 1 aromatic rings. The lowest BCUT2D eigenvalue weighted by Crippen LogP contribution is -2.40. The Kier molecular flexibility index (Phi) is 3.87. The first-order valence-corrected chi connectivity index (χ1v) is 6.94. The number of nitrogens with zero attached hydrogens (tertiary/aromatic N) is 1. The molecule has 1 aliphatic heterocycles. The van der Waals surface area contributed by atoms with Crippen LogP contribution in [0.2, 0.25) is 0 Å². The summed E-state index contributed by atoms with van der Waals surface area (Å²) < 4.78 is 13.7. The summed E-state index contributed by atoms with van der Waals surface area (Å²) in [5, 5.41) is 9.43. The van der Waals surface area contributed by atoms with Crippen molar-refractivity contribution in [1.29, 1.82) is 0 Å². The number of benzene rings is 1. The predicted octanol–water partition coefficient (Wildman–Crippen LogP) is 3.03. The zero-order valence-corrected chi connectivity index (χ0v) is 12.5. The second-order valence-corrected chi connectivity index (χ2v) is 6.64. The number of aryl methyl sites for hydroxylation is 1. The highest BCUT2D eigenvalue weighted by Crippen LogP contribution is 2.36. The summed E-state index contributed by atoms with van der Waals surface area (Å²) in [5.41, 5.74) is 1.30. The Morgan fingerprint density at radius 1 is 1.35 bits per heavy atom. The van der Waals surface area contributed by atoms with Crippen LogP contribution in [0, 0.1) is 18.7 Å². The van der Waals surface area contributed by atoms with Crippen LogP contribution in [0.4, 0.5) is 4.39 Å². The summed E-state index contributed by atoms with van der Waals surface area (Å²) in [6, 6.07) is 5.07. The molecule has 0 aromatic heterocycles. The second kappa shape index (κ2) is 5.17. The first kappa shape index (κ1) is 15.0. The van der Waals surface area contributed by atoms with E-state index in [1.165, 1.54) is 6.07 Å². The maximum absolute atomic E-state index is 13.7. The number of aliphatic carboxylic acids is 1. The molecule has 1 fully saturated rings. The van der Waals surface area contributed by atoms with Gasteiger partial charge in [-0.05, 0) is 44.9 Å². The van der Waals surface area contributed by atoms with Gasteiger partial charge in [0.05, 0.1) is 5.92 Å². The van der Waals surface area contributed by atoms with E-state index in [0.29, 0.717) is 18.7 Å². The van der Waals surface area contributed by atoms with E-state index in [4.69, 9.17) is 0 Å². The van der Waals surface area contributed by atoms with Crippen LogP contribution < -0.4 is 0 Å². The Morgan fingerprint density at radius 3 is 2.50 bits per heavy atom. The number of carboxylic acid groups (broad SMARTS) is 1. The summed E-state index contributed by atoms with van der Waals surface area (Å²) in [7, 11) is 0. The van der Waals surface area contributed by atoms with Crippen LogP contribution in [0.25, 0.3) is 0 Å². The topological polar surface area (TPSA) is 40.5 Å². The molecule has 0 unspecified atom stereocenters. The smallest absolute Gasteiger partial charge is 0.308 e. The van der Waals surface area contributed by atoms with Gasteiger partial charge in [-0.2, -0.15) is 0 Å². The number of hydrogen-bond donors (Lipinski definition) is 1. The Morgan fingerprint density at radius 2 is 2.00 bits per heavy atom. The number of carbonyl (C=O) groups is 1. The highest BCUT2D eigenvalue weighted by atomic mass is 19.1. The average Bonchev–Trinajstić information content (AvgIpc) is 2.77. The van der Waals surface area contributed by atoms with Crippen LogP contribution in [0.1, 0.15) is 37.8 Å². The zero-order chi connectivity index (χ0) is 15.1. The largest absolute Gasteiger partial charge is 0.481 e. The molecule has 110 valence electrons. The number of halogens is 1. The third-order valence-corrected chi connectivity index (χ3v) is 4.21. The predicted molar refractivity (Wildman–Crippen MR) is 76.3 cm³/mol. The van der Waals surface area contributed by atoms with Crippen molar-refractivity contribution in [1.82, 2.24) is 4.90 Å². The fourth-order valence-electron chi connectivity index (χ4n) is 2.78. The molecule has 1 heterocycles. The number of hydrogen-bond acceptors (Lipinski definition) is 2. The van der Waals surface area contributed by atoms with Crippen molar-refractivity contribution >= 4 is 5.97 Å². The third-order valence-electron chi connectivity index (χ3n) is 4.21. The van der Waals surface area contributed by atoms with Gasteiger partial charge < -0.3 is 5.11 Å². The fourth-order valence-corrected chi connectivity index (χ4v) is 2.78. The van der Waals surface area contributed by atoms with Gasteiger partial charge in [0.25, 0.3) is 0 Å². The first-order valence-electron chi connectivity index (χ1n) is 6.94. The van der Waals surface area contributed by atoms with Gasteiger partial charge >= 0.3 is 5.97 Å². The zero-order valence-electron chi connectivity index (χ0n) is 12.5. The lowest BCUT2D eigenvalue weighted by molar-refractivity contribution is -0.141. The highest BCUT2D eigenvalue weighted by Gasteiger charge is 2.42. The van der Waals surface area contributed by atoms with Gasteiger partial charge in [0, 0.05) is 24.5 Å². The normalized spacial score (nSPS) is 24.1. The van der Waals surface area contributed by atoms with Crippen molar-refractivity contribution in [3.8, 4) is 0 Å². The minimum Gasteiger partial charge on any atom is -0.481 e. The summed E-state index contributed by atoms with van der Waals surface area (Å²) in [6.45, 7) is 9.10. The molecule has 1 aromatic carbocycles. The summed E-state index contributed by atoms with van der Waals surface area (Å²) in [4.78, 5) is 13.7. The molecule has 3 nitrogen and oxygen atoms in total. The van der Waals surface area contributed by atoms with Gasteiger partial charge in [-0.3, -0.25) is 9.69 Å². The van der Waals surface area contributed by atoms with Crippen molar-refractivity contribution in [2.24, 2.45) is 5.92 Å². The molecule has 20 heavy (non-hydrogen) atoms. The van der Waals surface area contributed by atoms with E-state index in [9.17, 15) is 14.3 Å². The molecule has 0 radical (unpaired) electrons. The SMILES string of the molecule is Cc1ccc([C@@H]2CN(C(C)(C)C)C[C@H]2C(=O)O)cc1F. The molecule has 0 bridgehead atoms. The average molecular weight is 279 g/mol. The van der Waals surface area contributed by atoms with Crippen molar-refractivity contribution in [3.05, 3.63) is 35.1 Å². The van der Waals surface area contributed by atoms with Gasteiger partial charge in [0.1, 0.15) is 5.82 Å². The quantitative estimate of drug-likeness (QED) is 0.904. The van der Waals surface area contributed by atoms with Crippen molar-refractivity contribution in [2.75, 3.05) is 13.1 Å². The van der Waals surface area contributed by atoms with Crippen molar-refractivity contribution < 1.29 is 14.3 Å². The summed E-state index contributed by atoms with van der Waals surface area (Å²) in [6.07, 6.45) is 0. The molecular weight excluding hydrogens is 257 g/mol. The van der Waals surface area contributed by atoms with Crippen LogP contribution in [0.15, 0.2) is 18.2 Å². The molecule has 0 saturated carbocycles. The molecule has 4 heteroatoms. The highest BCUT2D eigenvalue weighted by molar-refractivity contribution is 5.72. The van der Waals surface area contributed by atoms with Gasteiger partial charge in [0.2, 0.25) is 0 Å². The van der Waals surface area contributed by atoms with E-state index in [1.54, 1.807) is 13.0 Å². The number of likely N-dealkylation sites (tertiary alicyclic amines) is 1. The molecule has 2 atom stereocenters. The standard InChI is InChI=1S/C16H22FNO2/c1-10-5-6-11(7-14(10)17)12-8-18(16(2,3)4)9-13(12)15(19)20/h5-7,12-13H,8-9H2,1-4H3,(H,19,20)/t12-,13+/m0/s1. The lowest BCUT2D eigenvalue weighted by atomic mass is 9.88. The molecule has 1 saturated heterocycles. The lowest BCUT2D eigenvalue weighted by Gasteiger charge is -2.31.